The molecule has 1 unspecified atom stereocenters. The van der Waals surface area contributed by atoms with Gasteiger partial charge < -0.3 is 21.5 Å². The largest absolute Gasteiger partial charge is 0.383 e. The van der Waals surface area contributed by atoms with Crippen LogP contribution < -0.4 is 16.4 Å². The molecule has 3 rings (SSSR count). The lowest BCUT2D eigenvalue weighted by atomic mass is 10.0. The first-order valence-corrected chi connectivity index (χ1v) is 10.5. The number of nitrogens with one attached hydrogen (secondary N) is 2. The maximum Gasteiger partial charge on any atom is 0.249 e. The summed E-state index contributed by atoms with van der Waals surface area (Å²) < 4.78 is 13.2. The zero-order valence-corrected chi connectivity index (χ0v) is 17.4. The second kappa shape index (κ2) is 10.6. The van der Waals surface area contributed by atoms with Crippen LogP contribution in [0.15, 0.2) is 60.8 Å². The van der Waals surface area contributed by atoms with Crippen molar-refractivity contribution in [2.75, 3.05) is 5.73 Å². The number of nitrogen functional groups attached to an aromatic ring is 1. The van der Waals surface area contributed by atoms with E-state index in [0.717, 1.165) is 10.4 Å². The summed E-state index contributed by atoms with van der Waals surface area (Å²) in [4.78, 5) is 30.0. The predicted molar refractivity (Wildman–Crippen MR) is 117 cm³/mol. The standard InChI is InChI=1S/C22H23FN4O3S/c23-16-8-6-15(7-9-16)10-18(20(29)25-12-17-13-26-22(24)31-17)27-21(30)19(28)11-14-4-2-1-3-5-14/h1-9,13,18-19,28H,10-12H2,(H2,24,26)(H,25,29)(H,27,30)/t18-,19?/m0/s1. The van der Waals surface area contributed by atoms with E-state index in [-0.39, 0.29) is 19.4 Å². The third-order valence-electron chi connectivity index (χ3n) is 4.57. The van der Waals surface area contributed by atoms with Gasteiger partial charge in [0.25, 0.3) is 0 Å². The molecular formula is C22H23FN4O3S. The quantitative estimate of drug-likeness (QED) is 0.403. The van der Waals surface area contributed by atoms with Crippen LogP contribution in [-0.2, 0) is 29.0 Å². The number of aromatic nitrogens is 1. The number of anilines is 1. The van der Waals surface area contributed by atoms with Gasteiger partial charge in [0.05, 0.1) is 6.54 Å². The molecule has 0 aliphatic rings. The number of rotatable bonds is 9. The Kier molecular flexibility index (Phi) is 7.69. The predicted octanol–water partition coefficient (Wildman–Crippen LogP) is 1.81. The van der Waals surface area contributed by atoms with Gasteiger partial charge in [0.2, 0.25) is 11.8 Å². The van der Waals surface area contributed by atoms with Gasteiger partial charge in [-0.25, -0.2) is 9.37 Å². The summed E-state index contributed by atoms with van der Waals surface area (Å²) in [5.41, 5.74) is 7.07. The van der Waals surface area contributed by atoms with Crippen LogP contribution in [-0.4, -0.2) is 34.1 Å². The normalized spacial score (nSPS) is 12.7. The van der Waals surface area contributed by atoms with Gasteiger partial charge in [-0.1, -0.05) is 42.5 Å². The number of hydrogen-bond donors (Lipinski definition) is 4. The Balaban J connectivity index is 1.66. The number of hydrogen-bond acceptors (Lipinski definition) is 6. The highest BCUT2D eigenvalue weighted by molar-refractivity contribution is 7.15. The fraction of sp³-hybridized carbons (Fsp3) is 0.227. The molecule has 31 heavy (non-hydrogen) atoms. The molecule has 2 amide bonds. The molecule has 0 aliphatic carbocycles. The molecule has 3 aromatic rings. The molecule has 162 valence electrons. The Bertz CT molecular complexity index is 1010. The smallest absolute Gasteiger partial charge is 0.249 e. The van der Waals surface area contributed by atoms with Gasteiger partial charge in [-0.15, -0.1) is 11.3 Å². The van der Waals surface area contributed by atoms with Gasteiger partial charge in [0, 0.05) is 23.9 Å². The number of nitrogens with two attached hydrogens (primary N) is 1. The van der Waals surface area contributed by atoms with Crippen molar-refractivity contribution < 1.29 is 19.1 Å². The first-order valence-electron chi connectivity index (χ1n) is 9.65. The van der Waals surface area contributed by atoms with E-state index in [1.807, 2.05) is 18.2 Å². The topological polar surface area (TPSA) is 117 Å². The Morgan fingerprint density at radius 3 is 2.35 bits per heavy atom. The van der Waals surface area contributed by atoms with Crippen molar-refractivity contribution >= 4 is 28.3 Å². The molecule has 0 saturated heterocycles. The summed E-state index contributed by atoms with van der Waals surface area (Å²) >= 11 is 1.25. The van der Waals surface area contributed by atoms with E-state index in [2.05, 4.69) is 15.6 Å². The van der Waals surface area contributed by atoms with Gasteiger partial charge in [0.1, 0.15) is 18.0 Å². The van der Waals surface area contributed by atoms with Crippen molar-refractivity contribution in [1.82, 2.24) is 15.6 Å². The van der Waals surface area contributed by atoms with E-state index in [0.29, 0.717) is 10.7 Å². The SMILES string of the molecule is Nc1ncc(CNC(=O)[C@H](Cc2ccc(F)cc2)NC(=O)C(O)Cc2ccccc2)s1. The van der Waals surface area contributed by atoms with E-state index >= 15 is 0 Å². The molecule has 0 radical (unpaired) electrons. The fourth-order valence-electron chi connectivity index (χ4n) is 2.97. The molecule has 2 atom stereocenters. The van der Waals surface area contributed by atoms with E-state index in [9.17, 15) is 19.1 Å². The van der Waals surface area contributed by atoms with Crippen molar-refractivity contribution in [3.63, 3.8) is 0 Å². The third-order valence-corrected chi connectivity index (χ3v) is 5.40. The number of aliphatic hydroxyl groups excluding tert-OH is 1. The Labute approximate surface area is 183 Å². The minimum absolute atomic E-state index is 0.123. The summed E-state index contributed by atoms with van der Waals surface area (Å²) in [5, 5.41) is 16.0. The number of nitrogens with zero attached hydrogens (tertiary/aromatic N) is 1. The van der Waals surface area contributed by atoms with Crippen LogP contribution in [0, 0.1) is 5.82 Å². The molecule has 7 nitrogen and oxygen atoms in total. The molecule has 1 aromatic heterocycles. The van der Waals surface area contributed by atoms with Crippen molar-refractivity contribution in [3.05, 3.63) is 82.6 Å². The van der Waals surface area contributed by atoms with E-state index < -0.39 is 29.8 Å². The summed E-state index contributed by atoms with van der Waals surface area (Å²) in [6.45, 7) is 0.204. The minimum atomic E-state index is -1.31. The number of halogens is 1. The van der Waals surface area contributed by atoms with E-state index in [4.69, 9.17) is 5.73 Å². The van der Waals surface area contributed by atoms with Crippen molar-refractivity contribution in [2.24, 2.45) is 0 Å². The summed E-state index contributed by atoms with van der Waals surface area (Å²) in [7, 11) is 0. The summed E-state index contributed by atoms with van der Waals surface area (Å²) in [5.74, 6) is -1.49. The zero-order valence-electron chi connectivity index (χ0n) is 16.6. The fourth-order valence-corrected chi connectivity index (χ4v) is 3.59. The molecule has 1 heterocycles. The second-order valence-electron chi connectivity index (χ2n) is 6.98. The lowest BCUT2D eigenvalue weighted by Gasteiger charge is -2.20. The van der Waals surface area contributed by atoms with Gasteiger partial charge in [0.15, 0.2) is 5.13 Å². The van der Waals surface area contributed by atoms with Gasteiger partial charge in [-0.2, -0.15) is 0 Å². The number of thiazole rings is 1. The number of benzene rings is 2. The van der Waals surface area contributed by atoms with Crippen LogP contribution in [0.5, 0.6) is 0 Å². The molecule has 0 fully saturated rings. The third kappa shape index (κ3) is 6.87. The minimum Gasteiger partial charge on any atom is -0.383 e. The maximum atomic E-state index is 13.2. The highest BCUT2D eigenvalue weighted by Crippen LogP contribution is 2.14. The average molecular weight is 443 g/mol. The van der Waals surface area contributed by atoms with Gasteiger partial charge in [-0.05, 0) is 23.3 Å². The monoisotopic (exact) mass is 442 g/mol. The van der Waals surface area contributed by atoms with E-state index in [1.54, 1.807) is 30.5 Å². The molecule has 0 spiro atoms. The number of carbonyl (C=O) groups excluding carboxylic acids is 2. The zero-order chi connectivity index (χ0) is 22.2. The van der Waals surface area contributed by atoms with Gasteiger partial charge in [-0.3, -0.25) is 9.59 Å². The number of aliphatic hydroxyl groups is 1. The van der Waals surface area contributed by atoms with Crippen LogP contribution >= 0.6 is 11.3 Å². The lowest BCUT2D eigenvalue weighted by Crippen LogP contribution is -2.51. The van der Waals surface area contributed by atoms with Crippen molar-refractivity contribution in [2.45, 2.75) is 31.5 Å². The molecule has 5 N–H and O–H groups in total. The van der Waals surface area contributed by atoms with Crippen molar-refractivity contribution in [1.29, 1.82) is 0 Å². The van der Waals surface area contributed by atoms with Crippen LogP contribution in [0.4, 0.5) is 9.52 Å². The Hall–Kier alpha value is -3.30. The molecule has 2 aromatic carbocycles. The number of carbonyl (C=O) groups is 2. The lowest BCUT2D eigenvalue weighted by molar-refractivity contribution is -0.134. The Morgan fingerprint density at radius 1 is 1.03 bits per heavy atom. The highest BCUT2D eigenvalue weighted by atomic mass is 32.1. The Morgan fingerprint density at radius 2 is 1.71 bits per heavy atom. The summed E-state index contributed by atoms with van der Waals surface area (Å²) in [6.07, 6.45) is 0.516. The van der Waals surface area contributed by atoms with E-state index in [1.165, 1.54) is 23.5 Å². The van der Waals surface area contributed by atoms with Crippen LogP contribution in [0.1, 0.15) is 16.0 Å². The maximum absolute atomic E-state index is 13.2. The first-order chi connectivity index (χ1) is 14.9. The average Bonchev–Trinajstić information content (AvgIpc) is 3.18. The van der Waals surface area contributed by atoms with Crippen LogP contribution in [0.2, 0.25) is 0 Å². The molecular weight excluding hydrogens is 419 g/mol. The second-order valence-corrected chi connectivity index (χ2v) is 8.13. The molecule has 0 saturated carbocycles. The molecule has 9 heteroatoms. The van der Waals surface area contributed by atoms with Crippen LogP contribution in [0.3, 0.4) is 0 Å². The molecule has 0 aliphatic heterocycles. The number of amides is 2. The summed E-state index contributed by atoms with van der Waals surface area (Å²) in [6, 6.07) is 13.8. The molecule has 0 bridgehead atoms. The van der Waals surface area contributed by atoms with Gasteiger partial charge >= 0.3 is 0 Å². The first kappa shape index (κ1) is 22.4. The highest BCUT2D eigenvalue weighted by Gasteiger charge is 2.25. The van der Waals surface area contributed by atoms with Crippen molar-refractivity contribution in [3.8, 4) is 0 Å². The van der Waals surface area contributed by atoms with Crippen LogP contribution in [0.25, 0.3) is 0 Å².